The van der Waals surface area contributed by atoms with Crippen LogP contribution < -0.4 is 5.73 Å². The molecule has 5 heteroatoms. The van der Waals surface area contributed by atoms with Crippen LogP contribution in [0.5, 0.6) is 0 Å². The lowest BCUT2D eigenvalue weighted by atomic mass is 10.0. The molecule has 0 fully saturated rings. The van der Waals surface area contributed by atoms with Crippen molar-refractivity contribution in [2.24, 2.45) is 5.73 Å². The number of aryl methyl sites for hydroxylation is 1. The Labute approximate surface area is 113 Å². The van der Waals surface area contributed by atoms with E-state index in [-0.39, 0.29) is 10.6 Å². The molecule has 1 nitrogen and oxygen atoms in total. The number of nitrogens with two attached hydrogens (primary N) is 1. The van der Waals surface area contributed by atoms with Crippen molar-refractivity contribution >= 4 is 22.9 Å². The molecule has 1 heterocycles. The number of benzene rings is 1. The van der Waals surface area contributed by atoms with E-state index in [4.69, 9.17) is 17.3 Å². The van der Waals surface area contributed by atoms with Crippen molar-refractivity contribution in [1.29, 1.82) is 0 Å². The van der Waals surface area contributed by atoms with Gasteiger partial charge in [-0.05, 0) is 35.6 Å². The molecule has 0 saturated heterocycles. The maximum atomic E-state index is 13.8. The Morgan fingerprint density at radius 3 is 2.72 bits per heavy atom. The fraction of sp³-hybridized carbons (Fsp3) is 0.231. The molecule has 18 heavy (non-hydrogen) atoms. The third kappa shape index (κ3) is 2.28. The smallest absolute Gasteiger partial charge is 0.165 e. The monoisotopic (exact) mass is 287 g/mol. The van der Waals surface area contributed by atoms with Crippen molar-refractivity contribution in [1.82, 2.24) is 0 Å². The van der Waals surface area contributed by atoms with E-state index >= 15 is 0 Å². The first-order chi connectivity index (χ1) is 8.56. The van der Waals surface area contributed by atoms with E-state index in [1.165, 1.54) is 17.4 Å². The minimum absolute atomic E-state index is 0.0221. The second-order valence-corrected chi connectivity index (χ2v) is 5.25. The van der Waals surface area contributed by atoms with Gasteiger partial charge in [-0.3, -0.25) is 0 Å². The molecule has 2 rings (SSSR count). The van der Waals surface area contributed by atoms with Crippen LogP contribution in [0.1, 0.15) is 29.0 Å². The van der Waals surface area contributed by atoms with Crippen LogP contribution in [-0.4, -0.2) is 0 Å². The van der Waals surface area contributed by atoms with Crippen molar-refractivity contribution in [3.05, 3.63) is 56.2 Å². The summed E-state index contributed by atoms with van der Waals surface area (Å²) >= 11 is 7.35. The van der Waals surface area contributed by atoms with Gasteiger partial charge in [-0.1, -0.05) is 18.5 Å². The number of hydrogen-bond donors (Lipinski definition) is 1. The summed E-state index contributed by atoms with van der Waals surface area (Å²) in [4.78, 5) is 0.823. The van der Waals surface area contributed by atoms with Crippen molar-refractivity contribution < 1.29 is 8.78 Å². The molecule has 1 aromatic heterocycles. The van der Waals surface area contributed by atoms with Gasteiger partial charge >= 0.3 is 0 Å². The molecule has 2 N–H and O–H groups in total. The Bertz CT molecular complexity index is 568. The van der Waals surface area contributed by atoms with Crippen molar-refractivity contribution in [3.8, 4) is 0 Å². The summed E-state index contributed by atoms with van der Waals surface area (Å²) in [6, 6.07) is 3.53. The molecular weight excluding hydrogens is 276 g/mol. The second kappa shape index (κ2) is 5.34. The van der Waals surface area contributed by atoms with Gasteiger partial charge in [0.15, 0.2) is 11.6 Å². The summed E-state index contributed by atoms with van der Waals surface area (Å²) < 4.78 is 27.1. The standard InChI is InChI=1S/C13H12ClF2NS/c1-2-7-5-6-18-13(7)12(17)10-8(14)3-4-9(15)11(10)16/h3-6,12H,2,17H2,1H3. The Morgan fingerprint density at radius 2 is 2.06 bits per heavy atom. The van der Waals surface area contributed by atoms with Crippen molar-refractivity contribution in [2.45, 2.75) is 19.4 Å². The zero-order valence-electron chi connectivity index (χ0n) is 9.71. The van der Waals surface area contributed by atoms with Gasteiger partial charge in [0.05, 0.1) is 6.04 Å². The highest BCUT2D eigenvalue weighted by Crippen LogP contribution is 2.34. The molecule has 1 aromatic carbocycles. The summed E-state index contributed by atoms with van der Waals surface area (Å²) in [6.07, 6.45) is 0.793. The average molecular weight is 288 g/mol. The number of halogens is 3. The van der Waals surface area contributed by atoms with Crippen LogP contribution in [0.3, 0.4) is 0 Å². The fourth-order valence-corrected chi connectivity index (χ4v) is 3.14. The summed E-state index contributed by atoms with van der Waals surface area (Å²) in [5.41, 5.74) is 7.08. The van der Waals surface area contributed by atoms with E-state index < -0.39 is 17.7 Å². The zero-order chi connectivity index (χ0) is 13.3. The molecule has 0 amide bonds. The molecule has 0 aliphatic rings. The largest absolute Gasteiger partial charge is 0.319 e. The van der Waals surface area contributed by atoms with Crippen LogP contribution in [-0.2, 0) is 6.42 Å². The van der Waals surface area contributed by atoms with Gasteiger partial charge in [-0.2, -0.15) is 0 Å². The van der Waals surface area contributed by atoms with Gasteiger partial charge in [0, 0.05) is 15.5 Å². The zero-order valence-corrected chi connectivity index (χ0v) is 11.3. The second-order valence-electron chi connectivity index (χ2n) is 3.90. The first-order valence-electron chi connectivity index (χ1n) is 5.51. The van der Waals surface area contributed by atoms with Gasteiger partial charge < -0.3 is 5.73 Å². The van der Waals surface area contributed by atoms with E-state index in [0.717, 1.165) is 22.9 Å². The minimum Gasteiger partial charge on any atom is -0.319 e. The van der Waals surface area contributed by atoms with Crippen molar-refractivity contribution in [3.63, 3.8) is 0 Å². The lowest BCUT2D eigenvalue weighted by molar-refractivity contribution is 0.495. The van der Waals surface area contributed by atoms with Crippen molar-refractivity contribution in [2.75, 3.05) is 0 Å². The van der Waals surface area contributed by atoms with Gasteiger partial charge in [0.25, 0.3) is 0 Å². The topological polar surface area (TPSA) is 26.0 Å². The van der Waals surface area contributed by atoms with E-state index in [9.17, 15) is 8.78 Å². The van der Waals surface area contributed by atoms with E-state index in [1.54, 1.807) is 0 Å². The van der Waals surface area contributed by atoms with Gasteiger partial charge in [-0.25, -0.2) is 8.78 Å². The first kappa shape index (κ1) is 13.5. The highest BCUT2D eigenvalue weighted by atomic mass is 35.5. The van der Waals surface area contributed by atoms with Gasteiger partial charge in [0.2, 0.25) is 0 Å². The lowest BCUT2D eigenvalue weighted by Gasteiger charge is -2.15. The number of hydrogen-bond acceptors (Lipinski definition) is 2. The normalized spacial score (nSPS) is 12.7. The number of rotatable bonds is 3. The molecular formula is C13H12ClF2NS. The Balaban J connectivity index is 2.52. The summed E-state index contributed by atoms with van der Waals surface area (Å²) in [5, 5.41) is 2.04. The maximum Gasteiger partial charge on any atom is 0.165 e. The molecule has 0 aliphatic carbocycles. The Kier molecular flexibility index (Phi) is 4.00. The first-order valence-corrected chi connectivity index (χ1v) is 6.77. The number of thiophene rings is 1. The molecule has 1 unspecified atom stereocenters. The fourth-order valence-electron chi connectivity index (χ4n) is 1.87. The molecule has 0 radical (unpaired) electrons. The third-order valence-electron chi connectivity index (χ3n) is 2.83. The average Bonchev–Trinajstić information content (AvgIpc) is 2.82. The van der Waals surface area contributed by atoms with E-state index in [2.05, 4.69) is 0 Å². The van der Waals surface area contributed by atoms with Crippen LogP contribution in [0.4, 0.5) is 8.78 Å². The molecule has 0 bridgehead atoms. The van der Waals surface area contributed by atoms with Gasteiger partial charge in [-0.15, -0.1) is 11.3 Å². The Hall–Kier alpha value is -0.970. The highest BCUT2D eigenvalue weighted by molar-refractivity contribution is 7.10. The molecule has 96 valence electrons. The minimum atomic E-state index is -0.967. The van der Waals surface area contributed by atoms with Gasteiger partial charge in [0.1, 0.15) is 0 Å². The van der Waals surface area contributed by atoms with Crippen LogP contribution in [0, 0.1) is 11.6 Å². The van der Waals surface area contributed by atoms with Crippen LogP contribution in [0.15, 0.2) is 23.6 Å². The van der Waals surface area contributed by atoms with Crippen LogP contribution in [0.2, 0.25) is 5.02 Å². The van der Waals surface area contributed by atoms with Crippen LogP contribution in [0.25, 0.3) is 0 Å². The molecule has 2 aromatic rings. The van der Waals surface area contributed by atoms with E-state index in [0.29, 0.717) is 0 Å². The molecule has 0 aliphatic heterocycles. The van der Waals surface area contributed by atoms with Crippen LogP contribution >= 0.6 is 22.9 Å². The molecule has 0 spiro atoms. The Morgan fingerprint density at radius 1 is 1.33 bits per heavy atom. The summed E-state index contributed by atoms with van der Waals surface area (Å²) in [5.74, 6) is -1.90. The molecule has 1 atom stereocenters. The summed E-state index contributed by atoms with van der Waals surface area (Å²) in [6.45, 7) is 1.99. The predicted molar refractivity (Wildman–Crippen MR) is 71.1 cm³/mol. The molecule has 0 saturated carbocycles. The summed E-state index contributed by atoms with van der Waals surface area (Å²) in [7, 11) is 0. The SMILES string of the molecule is CCc1ccsc1C(N)c1c(Cl)ccc(F)c1F. The highest BCUT2D eigenvalue weighted by Gasteiger charge is 2.22. The maximum absolute atomic E-state index is 13.8. The van der Waals surface area contributed by atoms with E-state index in [1.807, 2.05) is 18.4 Å². The third-order valence-corrected chi connectivity index (χ3v) is 4.21. The predicted octanol–water partition coefficient (Wildman–Crippen LogP) is 4.29. The quantitative estimate of drug-likeness (QED) is 0.837. The lowest BCUT2D eigenvalue weighted by Crippen LogP contribution is -2.15.